The highest BCUT2D eigenvalue weighted by molar-refractivity contribution is 5.70. The number of aromatic nitrogens is 1. The summed E-state index contributed by atoms with van der Waals surface area (Å²) in [7, 11) is 0. The number of nitrogens with zero attached hydrogens (tertiary/aromatic N) is 2. The maximum atomic E-state index is 10.7. The van der Waals surface area contributed by atoms with Crippen molar-refractivity contribution in [1.29, 1.82) is 0 Å². The van der Waals surface area contributed by atoms with Crippen molar-refractivity contribution in [1.82, 2.24) is 4.98 Å². The Morgan fingerprint density at radius 3 is 2.56 bits per heavy atom. The van der Waals surface area contributed by atoms with E-state index in [0.717, 1.165) is 24.6 Å². The van der Waals surface area contributed by atoms with Crippen LogP contribution in [0, 0.1) is 5.92 Å². The van der Waals surface area contributed by atoms with E-state index >= 15 is 0 Å². The maximum absolute atomic E-state index is 10.7. The van der Waals surface area contributed by atoms with Gasteiger partial charge in [0.25, 0.3) is 0 Å². The van der Waals surface area contributed by atoms with E-state index in [1.54, 1.807) is 13.1 Å². The molecular weight excluding hydrogens is 230 g/mol. The number of hydrogen-bond donors (Lipinski definition) is 2. The van der Waals surface area contributed by atoms with Crippen molar-refractivity contribution in [2.75, 3.05) is 29.9 Å². The second-order valence-corrected chi connectivity index (χ2v) is 4.20. The fourth-order valence-corrected chi connectivity index (χ4v) is 1.58. The number of rotatable bonds is 7. The summed E-state index contributed by atoms with van der Waals surface area (Å²) in [6.45, 7) is 8.10. The van der Waals surface area contributed by atoms with Crippen LogP contribution >= 0.6 is 0 Å². The quantitative estimate of drug-likeness (QED) is 0.776. The van der Waals surface area contributed by atoms with Gasteiger partial charge in [0.05, 0.1) is 17.8 Å². The first-order valence-electron chi connectivity index (χ1n) is 6.26. The number of pyridine rings is 1. The van der Waals surface area contributed by atoms with Crippen LogP contribution in [0.4, 0.5) is 11.5 Å². The third-order valence-corrected chi connectivity index (χ3v) is 2.87. The SMILES string of the molecule is CCN(CC)c1ccc(NCC(C)C(=O)O)cn1. The van der Waals surface area contributed by atoms with Crippen LogP contribution in [0.15, 0.2) is 18.3 Å². The molecule has 0 bridgehead atoms. The molecule has 1 unspecified atom stereocenters. The molecule has 0 aliphatic heterocycles. The van der Waals surface area contributed by atoms with Gasteiger partial charge in [-0.25, -0.2) is 4.98 Å². The van der Waals surface area contributed by atoms with Crippen LogP contribution in [0.25, 0.3) is 0 Å². The Kier molecular flexibility index (Phi) is 5.42. The van der Waals surface area contributed by atoms with Crippen LogP contribution < -0.4 is 10.2 Å². The van der Waals surface area contributed by atoms with Gasteiger partial charge in [-0.3, -0.25) is 4.79 Å². The molecule has 5 nitrogen and oxygen atoms in total. The molecule has 100 valence electrons. The van der Waals surface area contributed by atoms with Crippen molar-refractivity contribution < 1.29 is 9.90 Å². The molecule has 0 aliphatic carbocycles. The summed E-state index contributed by atoms with van der Waals surface area (Å²) in [6.07, 6.45) is 1.74. The molecule has 0 saturated heterocycles. The first-order valence-corrected chi connectivity index (χ1v) is 6.26. The highest BCUT2D eigenvalue weighted by Crippen LogP contribution is 2.14. The number of aliphatic carboxylic acids is 1. The summed E-state index contributed by atoms with van der Waals surface area (Å²) in [5.74, 6) is -0.264. The highest BCUT2D eigenvalue weighted by atomic mass is 16.4. The Morgan fingerprint density at radius 2 is 2.11 bits per heavy atom. The Hall–Kier alpha value is -1.78. The van der Waals surface area contributed by atoms with Crippen LogP contribution in [0.1, 0.15) is 20.8 Å². The Balaban J connectivity index is 2.57. The zero-order valence-electron chi connectivity index (χ0n) is 11.2. The predicted octanol–water partition coefficient (Wildman–Crippen LogP) is 2.06. The molecule has 0 fully saturated rings. The lowest BCUT2D eigenvalue weighted by molar-refractivity contribution is -0.140. The average Bonchev–Trinajstić information content (AvgIpc) is 2.38. The fourth-order valence-electron chi connectivity index (χ4n) is 1.58. The molecular formula is C13H21N3O2. The van der Waals surface area contributed by atoms with Gasteiger partial charge < -0.3 is 15.3 Å². The summed E-state index contributed by atoms with van der Waals surface area (Å²) >= 11 is 0. The second kappa shape index (κ2) is 6.83. The molecule has 0 aromatic carbocycles. The molecule has 0 amide bonds. The number of carbonyl (C=O) groups is 1. The molecule has 1 rings (SSSR count). The molecule has 0 radical (unpaired) electrons. The molecule has 1 aromatic heterocycles. The standard InChI is InChI=1S/C13H21N3O2/c1-4-16(5-2)12-7-6-11(9-15-12)14-8-10(3)13(17)18/h6-7,9-10,14H,4-5,8H2,1-3H3,(H,17,18). The Morgan fingerprint density at radius 1 is 1.44 bits per heavy atom. The van der Waals surface area contributed by atoms with E-state index in [4.69, 9.17) is 5.11 Å². The number of hydrogen-bond acceptors (Lipinski definition) is 4. The van der Waals surface area contributed by atoms with E-state index in [2.05, 4.69) is 29.0 Å². The van der Waals surface area contributed by atoms with E-state index < -0.39 is 11.9 Å². The van der Waals surface area contributed by atoms with E-state index in [0.29, 0.717) is 6.54 Å². The van der Waals surface area contributed by atoms with Gasteiger partial charge in [0.1, 0.15) is 5.82 Å². The summed E-state index contributed by atoms with van der Waals surface area (Å²) in [5, 5.41) is 11.8. The second-order valence-electron chi connectivity index (χ2n) is 4.20. The van der Waals surface area contributed by atoms with Crippen molar-refractivity contribution in [2.24, 2.45) is 5.92 Å². The zero-order valence-corrected chi connectivity index (χ0v) is 11.2. The van der Waals surface area contributed by atoms with E-state index in [9.17, 15) is 4.79 Å². The first-order chi connectivity index (χ1) is 8.58. The maximum Gasteiger partial charge on any atom is 0.308 e. The number of nitrogens with one attached hydrogen (secondary N) is 1. The normalized spacial score (nSPS) is 11.9. The van der Waals surface area contributed by atoms with Crippen LogP contribution in [0.2, 0.25) is 0 Å². The number of carboxylic acids is 1. The molecule has 1 heterocycles. The van der Waals surface area contributed by atoms with E-state index in [-0.39, 0.29) is 0 Å². The van der Waals surface area contributed by atoms with Crippen molar-refractivity contribution in [3.63, 3.8) is 0 Å². The van der Waals surface area contributed by atoms with Gasteiger partial charge in [0.2, 0.25) is 0 Å². The molecule has 5 heteroatoms. The average molecular weight is 251 g/mol. The van der Waals surface area contributed by atoms with Crippen LogP contribution in [0.3, 0.4) is 0 Å². The van der Waals surface area contributed by atoms with Gasteiger partial charge >= 0.3 is 5.97 Å². The van der Waals surface area contributed by atoms with Gasteiger partial charge in [-0.2, -0.15) is 0 Å². The van der Waals surface area contributed by atoms with E-state index in [1.807, 2.05) is 12.1 Å². The van der Waals surface area contributed by atoms with Gasteiger partial charge in [-0.05, 0) is 26.0 Å². The number of carboxylic acid groups (broad SMARTS) is 1. The Bertz CT molecular complexity index is 374. The molecule has 0 aliphatic rings. The summed E-state index contributed by atoms with van der Waals surface area (Å²) in [5.41, 5.74) is 0.846. The largest absolute Gasteiger partial charge is 0.481 e. The summed E-state index contributed by atoms with van der Waals surface area (Å²) in [4.78, 5) is 17.2. The molecule has 0 saturated carbocycles. The van der Waals surface area contributed by atoms with Gasteiger partial charge in [-0.15, -0.1) is 0 Å². The topological polar surface area (TPSA) is 65.5 Å². The van der Waals surface area contributed by atoms with Crippen molar-refractivity contribution in [3.8, 4) is 0 Å². The Labute approximate surface area is 108 Å². The smallest absolute Gasteiger partial charge is 0.308 e. The fraction of sp³-hybridized carbons (Fsp3) is 0.538. The van der Waals surface area contributed by atoms with Crippen LogP contribution in [-0.4, -0.2) is 35.7 Å². The lowest BCUT2D eigenvalue weighted by Crippen LogP contribution is -2.23. The molecule has 1 atom stereocenters. The lowest BCUT2D eigenvalue weighted by atomic mass is 10.2. The van der Waals surface area contributed by atoms with Crippen molar-refractivity contribution in [3.05, 3.63) is 18.3 Å². The van der Waals surface area contributed by atoms with Crippen LogP contribution in [-0.2, 0) is 4.79 Å². The lowest BCUT2D eigenvalue weighted by Gasteiger charge is -2.19. The number of anilines is 2. The monoisotopic (exact) mass is 251 g/mol. The molecule has 1 aromatic rings. The zero-order chi connectivity index (χ0) is 13.5. The molecule has 18 heavy (non-hydrogen) atoms. The minimum absolute atomic E-state index is 0.404. The summed E-state index contributed by atoms with van der Waals surface area (Å²) < 4.78 is 0. The minimum Gasteiger partial charge on any atom is -0.481 e. The highest BCUT2D eigenvalue weighted by Gasteiger charge is 2.10. The summed E-state index contributed by atoms with van der Waals surface area (Å²) in [6, 6.07) is 3.87. The van der Waals surface area contributed by atoms with Crippen molar-refractivity contribution >= 4 is 17.5 Å². The van der Waals surface area contributed by atoms with Gasteiger partial charge in [-0.1, -0.05) is 6.92 Å². The third-order valence-electron chi connectivity index (χ3n) is 2.87. The van der Waals surface area contributed by atoms with Crippen molar-refractivity contribution in [2.45, 2.75) is 20.8 Å². The minimum atomic E-state index is -0.796. The predicted molar refractivity (Wildman–Crippen MR) is 73.1 cm³/mol. The van der Waals surface area contributed by atoms with Gasteiger partial charge in [0, 0.05) is 19.6 Å². The van der Waals surface area contributed by atoms with Gasteiger partial charge in [0.15, 0.2) is 0 Å². The first kappa shape index (κ1) is 14.3. The third kappa shape index (κ3) is 3.91. The van der Waals surface area contributed by atoms with E-state index in [1.165, 1.54) is 0 Å². The molecule has 0 spiro atoms. The molecule has 2 N–H and O–H groups in total. The van der Waals surface area contributed by atoms with Crippen LogP contribution in [0.5, 0.6) is 0 Å².